The molecule has 150 valence electrons. The van der Waals surface area contributed by atoms with Gasteiger partial charge in [0.2, 0.25) is 0 Å². The molecule has 0 heterocycles. The summed E-state index contributed by atoms with van der Waals surface area (Å²) in [4.78, 5) is 1.01. The molecular formula is C25H39NS. The van der Waals surface area contributed by atoms with E-state index in [1.54, 1.807) is 11.1 Å². The van der Waals surface area contributed by atoms with Gasteiger partial charge in [-0.1, -0.05) is 85.3 Å². The molecule has 3 rings (SSSR count). The Morgan fingerprint density at radius 3 is 2.56 bits per heavy atom. The zero-order chi connectivity index (χ0) is 20.0. The summed E-state index contributed by atoms with van der Waals surface area (Å²) in [7, 11) is 0. The van der Waals surface area contributed by atoms with E-state index < -0.39 is 0 Å². The second kappa shape index (κ2) is 7.17. The van der Waals surface area contributed by atoms with Gasteiger partial charge in [-0.2, -0.15) is 0 Å². The second-order valence-electron chi connectivity index (χ2n) is 11.0. The predicted molar refractivity (Wildman–Crippen MR) is 122 cm³/mol. The highest BCUT2D eigenvalue weighted by Gasteiger charge is 2.51. The van der Waals surface area contributed by atoms with Crippen LogP contribution < -0.4 is 5.32 Å². The molecule has 3 atom stereocenters. The average molecular weight is 386 g/mol. The Morgan fingerprint density at radius 2 is 1.93 bits per heavy atom. The molecule has 0 saturated heterocycles. The summed E-state index contributed by atoms with van der Waals surface area (Å²) < 4.78 is 0. The molecule has 1 saturated carbocycles. The van der Waals surface area contributed by atoms with Crippen molar-refractivity contribution in [3.05, 3.63) is 34.9 Å². The predicted octanol–water partition coefficient (Wildman–Crippen LogP) is 6.78. The van der Waals surface area contributed by atoms with E-state index in [2.05, 4.69) is 72.0 Å². The summed E-state index contributed by atoms with van der Waals surface area (Å²) in [5, 5.41) is 3.66. The van der Waals surface area contributed by atoms with E-state index in [0.29, 0.717) is 16.7 Å². The maximum Gasteiger partial charge on any atom is 0.0807 e. The van der Waals surface area contributed by atoms with Crippen molar-refractivity contribution < 1.29 is 0 Å². The molecule has 2 aliphatic carbocycles. The average Bonchev–Trinajstić information content (AvgIpc) is 2.58. The molecule has 1 aromatic rings. The summed E-state index contributed by atoms with van der Waals surface area (Å²) >= 11 is 5.67. The lowest BCUT2D eigenvalue weighted by Crippen LogP contribution is -2.53. The summed E-state index contributed by atoms with van der Waals surface area (Å²) in [5.74, 6) is 1.34. The Balaban J connectivity index is 1.88. The van der Waals surface area contributed by atoms with Crippen molar-refractivity contribution >= 4 is 17.2 Å². The molecular weight excluding hydrogens is 346 g/mol. The molecule has 0 spiro atoms. The molecule has 0 aromatic heterocycles. The molecule has 2 unspecified atom stereocenters. The standard InChI is InChI=1S/C25H39NS/c1-17(2)18-9-11-20-19(15-18)10-12-21-24(6,13-8-14-25(20,21)7)16-26-22(27)23(3,4)5/h9,11,15,17,21H,8,10,12-14,16H2,1-7H3,(H,26,27)/t21?,24?,25-/m1/s1. The van der Waals surface area contributed by atoms with Crippen molar-refractivity contribution in [2.75, 3.05) is 6.54 Å². The minimum atomic E-state index is 0.0517. The minimum absolute atomic E-state index is 0.0517. The van der Waals surface area contributed by atoms with Crippen LogP contribution in [0.1, 0.15) is 96.8 Å². The van der Waals surface area contributed by atoms with E-state index in [-0.39, 0.29) is 5.41 Å². The van der Waals surface area contributed by atoms with Gasteiger partial charge in [0, 0.05) is 12.0 Å². The third-order valence-electron chi connectivity index (χ3n) is 7.50. The highest BCUT2D eigenvalue weighted by molar-refractivity contribution is 7.80. The van der Waals surface area contributed by atoms with Crippen LogP contribution >= 0.6 is 12.2 Å². The molecule has 1 aromatic carbocycles. The van der Waals surface area contributed by atoms with Crippen molar-refractivity contribution in [2.24, 2.45) is 16.7 Å². The van der Waals surface area contributed by atoms with Gasteiger partial charge in [0.15, 0.2) is 0 Å². The molecule has 2 heteroatoms. The normalized spacial score (nSPS) is 30.6. The molecule has 0 radical (unpaired) electrons. The SMILES string of the molecule is CC(C)c1ccc2c(c1)CCC1C(C)(CNC(=S)C(C)(C)C)CCC[C@]21C. The molecule has 0 aliphatic heterocycles. The second-order valence-corrected chi connectivity index (χ2v) is 11.4. The number of hydrogen-bond donors (Lipinski definition) is 1. The zero-order valence-electron chi connectivity index (χ0n) is 18.5. The van der Waals surface area contributed by atoms with Crippen LogP contribution in [0.5, 0.6) is 0 Å². The zero-order valence-corrected chi connectivity index (χ0v) is 19.4. The lowest BCUT2D eigenvalue weighted by atomic mass is 9.49. The van der Waals surface area contributed by atoms with Gasteiger partial charge in [-0.3, -0.25) is 0 Å². The maximum atomic E-state index is 5.67. The highest BCUT2D eigenvalue weighted by atomic mass is 32.1. The Kier molecular flexibility index (Phi) is 5.53. The van der Waals surface area contributed by atoms with Crippen molar-refractivity contribution in [1.29, 1.82) is 0 Å². The number of fused-ring (bicyclic) bond motifs is 3. The van der Waals surface area contributed by atoms with Gasteiger partial charge in [0.25, 0.3) is 0 Å². The fourth-order valence-corrected chi connectivity index (χ4v) is 5.83. The highest BCUT2D eigenvalue weighted by Crippen LogP contribution is 2.57. The smallest absolute Gasteiger partial charge is 0.0807 e. The summed E-state index contributed by atoms with van der Waals surface area (Å²) in [6, 6.07) is 7.35. The van der Waals surface area contributed by atoms with Crippen molar-refractivity contribution in [1.82, 2.24) is 5.32 Å². The first kappa shape index (κ1) is 20.8. The van der Waals surface area contributed by atoms with Crippen LogP contribution in [0.15, 0.2) is 18.2 Å². The van der Waals surface area contributed by atoms with Gasteiger partial charge < -0.3 is 5.32 Å². The number of hydrogen-bond acceptors (Lipinski definition) is 1. The van der Waals surface area contributed by atoms with Gasteiger partial charge in [-0.05, 0) is 65.0 Å². The van der Waals surface area contributed by atoms with E-state index in [4.69, 9.17) is 12.2 Å². The Bertz CT molecular complexity index is 714. The first-order valence-corrected chi connectivity index (χ1v) is 11.3. The quantitative estimate of drug-likeness (QED) is 0.575. The Morgan fingerprint density at radius 1 is 1.22 bits per heavy atom. The van der Waals surface area contributed by atoms with Crippen LogP contribution in [0.2, 0.25) is 0 Å². The van der Waals surface area contributed by atoms with Crippen LogP contribution in [0, 0.1) is 16.7 Å². The third kappa shape index (κ3) is 3.84. The number of aryl methyl sites for hydroxylation is 1. The minimum Gasteiger partial charge on any atom is -0.379 e. The first-order valence-electron chi connectivity index (χ1n) is 10.9. The Labute approximate surface area is 172 Å². The molecule has 1 fully saturated rings. The first-order chi connectivity index (χ1) is 12.5. The van der Waals surface area contributed by atoms with Crippen LogP contribution in [0.3, 0.4) is 0 Å². The molecule has 27 heavy (non-hydrogen) atoms. The van der Waals surface area contributed by atoms with Crippen molar-refractivity contribution in [3.8, 4) is 0 Å². The van der Waals surface area contributed by atoms with Crippen LogP contribution in [0.4, 0.5) is 0 Å². The maximum absolute atomic E-state index is 5.67. The van der Waals surface area contributed by atoms with E-state index in [0.717, 1.165) is 17.5 Å². The van der Waals surface area contributed by atoms with Gasteiger partial charge in [-0.25, -0.2) is 0 Å². The summed E-state index contributed by atoms with van der Waals surface area (Å²) in [6.07, 6.45) is 6.50. The largest absolute Gasteiger partial charge is 0.379 e. The van der Waals surface area contributed by atoms with Crippen LogP contribution in [-0.4, -0.2) is 11.5 Å². The fourth-order valence-electron chi connectivity index (χ4n) is 5.76. The van der Waals surface area contributed by atoms with E-state index in [9.17, 15) is 0 Å². The van der Waals surface area contributed by atoms with E-state index in [1.165, 1.54) is 37.7 Å². The van der Waals surface area contributed by atoms with E-state index >= 15 is 0 Å². The van der Waals surface area contributed by atoms with Crippen molar-refractivity contribution in [2.45, 2.75) is 91.9 Å². The number of nitrogens with one attached hydrogen (secondary N) is 1. The summed E-state index contributed by atoms with van der Waals surface area (Å²) in [6.45, 7) is 17.3. The van der Waals surface area contributed by atoms with Crippen LogP contribution in [-0.2, 0) is 11.8 Å². The molecule has 1 nitrogen and oxygen atoms in total. The lowest BCUT2D eigenvalue weighted by Gasteiger charge is -2.56. The summed E-state index contributed by atoms with van der Waals surface area (Å²) in [5.41, 5.74) is 5.41. The van der Waals surface area contributed by atoms with Gasteiger partial charge in [0.05, 0.1) is 4.99 Å². The van der Waals surface area contributed by atoms with Crippen molar-refractivity contribution in [3.63, 3.8) is 0 Å². The molecule has 1 N–H and O–H groups in total. The number of rotatable bonds is 3. The molecule has 0 amide bonds. The van der Waals surface area contributed by atoms with Gasteiger partial charge in [-0.15, -0.1) is 0 Å². The monoisotopic (exact) mass is 385 g/mol. The fraction of sp³-hybridized carbons (Fsp3) is 0.720. The molecule has 0 bridgehead atoms. The van der Waals surface area contributed by atoms with Gasteiger partial charge in [0.1, 0.15) is 0 Å². The molecule has 2 aliphatic rings. The lowest BCUT2D eigenvalue weighted by molar-refractivity contribution is 0.0291. The van der Waals surface area contributed by atoms with E-state index in [1.807, 2.05) is 0 Å². The number of thiocarbonyl (C=S) groups is 1. The topological polar surface area (TPSA) is 12.0 Å². The number of benzene rings is 1. The van der Waals surface area contributed by atoms with Gasteiger partial charge >= 0.3 is 0 Å². The Hall–Kier alpha value is -0.890. The third-order valence-corrected chi connectivity index (χ3v) is 8.26. The van der Waals surface area contributed by atoms with Crippen LogP contribution in [0.25, 0.3) is 0 Å².